The van der Waals surface area contributed by atoms with Gasteiger partial charge in [-0.05, 0) is 42.2 Å². The number of aliphatic hydroxyl groups excluding tert-OH is 1. The Bertz CT molecular complexity index is 1030. The first-order chi connectivity index (χ1) is 14.1. The molecular weight excluding hydrogens is 419 g/mol. The van der Waals surface area contributed by atoms with Gasteiger partial charge in [-0.2, -0.15) is 13.2 Å². The molecule has 1 unspecified atom stereocenters. The number of anilines is 1. The van der Waals surface area contributed by atoms with Crippen LogP contribution < -0.4 is 10.0 Å². The summed E-state index contributed by atoms with van der Waals surface area (Å²) in [6.45, 7) is 0. The third kappa shape index (κ3) is 4.17. The van der Waals surface area contributed by atoms with E-state index in [1.54, 1.807) is 18.2 Å². The minimum atomic E-state index is -4.38. The molecule has 0 radical (unpaired) electrons. The number of pyridine rings is 1. The van der Waals surface area contributed by atoms with Gasteiger partial charge in [0.15, 0.2) is 0 Å². The maximum Gasteiger partial charge on any atom is 0.408 e. The number of benzene rings is 1. The third-order valence-corrected chi connectivity index (χ3v) is 7.19. The fraction of sp³-hybridized carbons (Fsp3) is 0.450. The van der Waals surface area contributed by atoms with E-state index in [2.05, 4.69) is 15.0 Å². The summed E-state index contributed by atoms with van der Waals surface area (Å²) in [4.78, 5) is 4.04. The topological polar surface area (TPSA) is 91.3 Å². The van der Waals surface area contributed by atoms with Crippen LogP contribution in [0.5, 0.6) is 0 Å². The van der Waals surface area contributed by atoms with E-state index >= 15 is 0 Å². The average molecular weight is 441 g/mol. The molecule has 30 heavy (non-hydrogen) atoms. The monoisotopic (exact) mass is 441 g/mol. The number of hydrogen-bond donors (Lipinski definition) is 3. The molecule has 1 aromatic carbocycles. The number of nitrogens with one attached hydrogen (secondary N) is 2. The van der Waals surface area contributed by atoms with Crippen molar-refractivity contribution >= 4 is 15.8 Å². The number of nitrogens with zero attached hydrogens (tertiary/aromatic N) is 1. The van der Waals surface area contributed by atoms with Crippen LogP contribution in [0, 0.1) is 0 Å². The molecule has 0 amide bonds. The SMILES string of the molecule is O=S(=O)(N[C@H]1CCCC[C@H]1O)c1ccc(-c2ccnc3c2CC(C(F)(F)F)N3)cc1. The van der Waals surface area contributed by atoms with Crippen molar-refractivity contribution < 1.29 is 26.7 Å². The molecule has 10 heteroatoms. The van der Waals surface area contributed by atoms with Gasteiger partial charge in [-0.15, -0.1) is 0 Å². The summed E-state index contributed by atoms with van der Waals surface area (Å²) in [5.74, 6) is 0.194. The van der Waals surface area contributed by atoms with E-state index in [1.165, 1.54) is 18.3 Å². The molecule has 0 spiro atoms. The van der Waals surface area contributed by atoms with Gasteiger partial charge in [-0.3, -0.25) is 0 Å². The number of rotatable bonds is 4. The van der Waals surface area contributed by atoms with Crippen molar-refractivity contribution in [3.8, 4) is 11.1 Å². The smallest absolute Gasteiger partial charge is 0.391 e. The first kappa shape index (κ1) is 21.1. The molecule has 1 aliphatic heterocycles. The summed E-state index contributed by atoms with van der Waals surface area (Å²) in [5.41, 5.74) is 1.65. The lowest BCUT2D eigenvalue weighted by molar-refractivity contribution is -0.140. The van der Waals surface area contributed by atoms with Gasteiger partial charge in [0.1, 0.15) is 11.9 Å². The Labute approximate surface area is 172 Å². The summed E-state index contributed by atoms with van der Waals surface area (Å²) in [6, 6.07) is 5.40. The van der Waals surface area contributed by atoms with Gasteiger partial charge in [0.2, 0.25) is 10.0 Å². The van der Waals surface area contributed by atoms with Crippen LogP contribution in [0.15, 0.2) is 41.4 Å². The van der Waals surface area contributed by atoms with Crippen molar-refractivity contribution in [3.63, 3.8) is 0 Å². The minimum absolute atomic E-state index is 0.0426. The maximum atomic E-state index is 13.1. The molecular formula is C20H22F3N3O3S. The third-order valence-electron chi connectivity index (χ3n) is 5.68. The van der Waals surface area contributed by atoms with Gasteiger partial charge in [-0.25, -0.2) is 18.1 Å². The predicted octanol–water partition coefficient (Wildman–Crippen LogP) is 3.23. The summed E-state index contributed by atoms with van der Waals surface area (Å²) in [6.07, 6.45) is -1.04. The molecule has 3 N–H and O–H groups in total. The quantitative estimate of drug-likeness (QED) is 0.678. The molecule has 3 atom stereocenters. The Morgan fingerprint density at radius 2 is 1.80 bits per heavy atom. The van der Waals surface area contributed by atoms with E-state index < -0.39 is 34.4 Å². The molecule has 6 nitrogen and oxygen atoms in total. The van der Waals surface area contributed by atoms with Crippen LogP contribution in [0.3, 0.4) is 0 Å². The zero-order valence-corrected chi connectivity index (χ0v) is 16.8. The van der Waals surface area contributed by atoms with Crippen molar-refractivity contribution in [2.24, 2.45) is 0 Å². The highest BCUT2D eigenvalue weighted by Gasteiger charge is 2.44. The lowest BCUT2D eigenvalue weighted by atomic mass is 9.93. The molecule has 1 aliphatic carbocycles. The Hall–Kier alpha value is -2.17. The van der Waals surface area contributed by atoms with Crippen LogP contribution >= 0.6 is 0 Å². The Balaban J connectivity index is 1.56. The number of hydrogen-bond acceptors (Lipinski definition) is 5. The lowest BCUT2D eigenvalue weighted by Gasteiger charge is -2.28. The number of aromatic nitrogens is 1. The van der Waals surface area contributed by atoms with E-state index in [0.717, 1.165) is 12.8 Å². The van der Waals surface area contributed by atoms with Crippen LogP contribution in [-0.4, -0.2) is 42.9 Å². The molecule has 0 bridgehead atoms. The van der Waals surface area contributed by atoms with E-state index in [-0.39, 0.29) is 17.1 Å². The van der Waals surface area contributed by atoms with Gasteiger partial charge >= 0.3 is 6.18 Å². The van der Waals surface area contributed by atoms with Crippen LogP contribution in [0.2, 0.25) is 0 Å². The zero-order chi connectivity index (χ0) is 21.5. The van der Waals surface area contributed by atoms with Crippen molar-refractivity contribution in [2.45, 2.75) is 61.4 Å². The standard InChI is InChI=1S/C20H22F3N3O3S/c21-20(22,23)18-11-15-14(9-10-24-19(15)25-18)12-5-7-13(8-6-12)30(28,29)26-16-3-1-2-4-17(16)27/h5-10,16-18,26-27H,1-4,11H2,(H,24,25)/t16-,17+,18?/m0/s1. The molecule has 2 aliphatic rings. The molecule has 1 aromatic heterocycles. The van der Waals surface area contributed by atoms with Gasteiger partial charge in [0, 0.05) is 24.2 Å². The maximum absolute atomic E-state index is 13.1. The second-order valence-corrected chi connectivity index (χ2v) is 9.45. The molecule has 0 saturated heterocycles. The van der Waals surface area contributed by atoms with Crippen molar-refractivity contribution in [1.82, 2.24) is 9.71 Å². The molecule has 2 aromatic rings. The second-order valence-electron chi connectivity index (χ2n) is 7.73. The summed E-state index contributed by atoms with van der Waals surface area (Å²) >= 11 is 0. The number of sulfonamides is 1. The highest BCUT2D eigenvalue weighted by atomic mass is 32.2. The van der Waals surface area contributed by atoms with Crippen LogP contribution in [0.1, 0.15) is 31.2 Å². The van der Waals surface area contributed by atoms with Gasteiger partial charge in [0.05, 0.1) is 11.0 Å². The van der Waals surface area contributed by atoms with E-state index in [4.69, 9.17) is 0 Å². The molecule has 162 valence electrons. The fourth-order valence-electron chi connectivity index (χ4n) is 4.04. The first-order valence-corrected chi connectivity index (χ1v) is 11.3. The number of halogens is 3. The van der Waals surface area contributed by atoms with Crippen LogP contribution in [0.4, 0.5) is 19.0 Å². The number of alkyl halides is 3. The van der Waals surface area contributed by atoms with Gasteiger partial charge in [-0.1, -0.05) is 25.0 Å². The van der Waals surface area contributed by atoms with E-state index in [1.807, 2.05) is 0 Å². The van der Waals surface area contributed by atoms with Crippen molar-refractivity contribution in [1.29, 1.82) is 0 Å². The first-order valence-electron chi connectivity index (χ1n) is 9.77. The van der Waals surface area contributed by atoms with Crippen molar-refractivity contribution in [3.05, 3.63) is 42.1 Å². The molecule has 1 saturated carbocycles. The lowest BCUT2D eigenvalue weighted by Crippen LogP contribution is -2.44. The molecule has 4 rings (SSSR count). The van der Waals surface area contributed by atoms with Gasteiger partial charge < -0.3 is 10.4 Å². The largest absolute Gasteiger partial charge is 0.408 e. The molecule has 1 fully saturated rings. The minimum Gasteiger partial charge on any atom is -0.391 e. The summed E-state index contributed by atoms with van der Waals surface area (Å²) in [5, 5.41) is 12.4. The zero-order valence-electron chi connectivity index (χ0n) is 16.0. The molecule has 2 heterocycles. The second kappa shape index (κ2) is 7.82. The highest BCUT2D eigenvalue weighted by Crippen LogP contribution is 2.38. The summed E-state index contributed by atoms with van der Waals surface area (Å²) < 4.78 is 67.1. The Morgan fingerprint density at radius 3 is 2.47 bits per heavy atom. The van der Waals surface area contributed by atoms with E-state index in [9.17, 15) is 26.7 Å². The Morgan fingerprint density at radius 1 is 1.10 bits per heavy atom. The van der Waals surface area contributed by atoms with Crippen LogP contribution in [0.25, 0.3) is 11.1 Å². The fourth-order valence-corrected chi connectivity index (χ4v) is 5.35. The van der Waals surface area contributed by atoms with Gasteiger partial charge in [0.25, 0.3) is 0 Å². The summed E-state index contributed by atoms with van der Waals surface area (Å²) in [7, 11) is -3.81. The Kier molecular flexibility index (Phi) is 5.50. The van der Waals surface area contributed by atoms with E-state index in [0.29, 0.717) is 29.5 Å². The predicted molar refractivity (Wildman–Crippen MR) is 105 cm³/mol. The number of fused-ring (bicyclic) bond motifs is 1. The average Bonchev–Trinajstić information content (AvgIpc) is 3.15. The normalized spacial score (nSPS) is 24.3. The van der Waals surface area contributed by atoms with Crippen LogP contribution in [-0.2, 0) is 16.4 Å². The van der Waals surface area contributed by atoms with Crippen molar-refractivity contribution in [2.75, 3.05) is 5.32 Å². The number of aliphatic hydroxyl groups is 1. The highest BCUT2D eigenvalue weighted by molar-refractivity contribution is 7.89.